The molecule has 4 nitrogen and oxygen atoms in total. The van der Waals surface area contributed by atoms with Gasteiger partial charge >= 0.3 is 0 Å². The number of para-hydroxylation sites is 1. The zero-order chi connectivity index (χ0) is 15.4. The van der Waals surface area contributed by atoms with Crippen LogP contribution in [0.1, 0.15) is 28.9 Å². The number of nitrogens with one attached hydrogen (secondary N) is 1. The standard InChI is InChI=1S/C18H17N3O/c1-14(15-8-4-2-5-9-15)20-18(22)16-12-19-21(13-16)17-10-6-3-7-11-17/h2-14H,1H3,(H,20,22)/t14-/m0/s1. The maximum absolute atomic E-state index is 12.3. The second-order valence-corrected chi connectivity index (χ2v) is 5.11. The third-order valence-corrected chi connectivity index (χ3v) is 3.51. The van der Waals surface area contributed by atoms with E-state index in [4.69, 9.17) is 0 Å². The first kappa shape index (κ1) is 14.1. The number of amides is 1. The van der Waals surface area contributed by atoms with Gasteiger partial charge in [0.05, 0.1) is 23.5 Å². The normalized spacial score (nSPS) is 11.9. The highest BCUT2D eigenvalue weighted by Gasteiger charge is 2.13. The molecule has 0 unspecified atom stereocenters. The van der Waals surface area contributed by atoms with Crippen molar-refractivity contribution >= 4 is 5.91 Å². The third-order valence-electron chi connectivity index (χ3n) is 3.51. The Kier molecular flexibility index (Phi) is 4.01. The molecule has 1 amide bonds. The van der Waals surface area contributed by atoms with E-state index >= 15 is 0 Å². The third kappa shape index (κ3) is 3.06. The summed E-state index contributed by atoms with van der Waals surface area (Å²) >= 11 is 0. The van der Waals surface area contributed by atoms with Crippen LogP contribution in [-0.2, 0) is 0 Å². The number of carbonyl (C=O) groups excluding carboxylic acids is 1. The summed E-state index contributed by atoms with van der Waals surface area (Å²) in [7, 11) is 0. The van der Waals surface area contributed by atoms with Gasteiger partial charge in [0.15, 0.2) is 0 Å². The van der Waals surface area contributed by atoms with Gasteiger partial charge in [0, 0.05) is 6.20 Å². The summed E-state index contributed by atoms with van der Waals surface area (Å²) in [6.07, 6.45) is 3.32. The fourth-order valence-electron chi connectivity index (χ4n) is 2.27. The predicted octanol–water partition coefficient (Wildman–Crippen LogP) is 3.36. The van der Waals surface area contributed by atoms with Crippen molar-refractivity contribution in [1.29, 1.82) is 0 Å². The van der Waals surface area contributed by atoms with E-state index in [1.807, 2.05) is 67.6 Å². The average molecular weight is 291 g/mol. The lowest BCUT2D eigenvalue weighted by Gasteiger charge is -2.13. The topological polar surface area (TPSA) is 46.9 Å². The van der Waals surface area contributed by atoms with E-state index in [1.165, 1.54) is 0 Å². The zero-order valence-electron chi connectivity index (χ0n) is 12.3. The molecule has 110 valence electrons. The van der Waals surface area contributed by atoms with Crippen LogP contribution in [0.5, 0.6) is 0 Å². The Morgan fingerprint density at radius 2 is 1.68 bits per heavy atom. The average Bonchev–Trinajstić information content (AvgIpc) is 3.06. The second kappa shape index (κ2) is 6.26. The number of hydrogen-bond donors (Lipinski definition) is 1. The fraction of sp³-hybridized carbons (Fsp3) is 0.111. The minimum absolute atomic E-state index is 0.0474. The minimum atomic E-state index is -0.126. The summed E-state index contributed by atoms with van der Waals surface area (Å²) in [5.74, 6) is -0.126. The number of hydrogen-bond acceptors (Lipinski definition) is 2. The summed E-state index contributed by atoms with van der Waals surface area (Å²) in [4.78, 5) is 12.3. The van der Waals surface area contributed by atoms with E-state index in [0.29, 0.717) is 5.56 Å². The van der Waals surface area contributed by atoms with Crippen LogP contribution in [0.2, 0.25) is 0 Å². The van der Waals surface area contributed by atoms with Crippen molar-refractivity contribution in [2.24, 2.45) is 0 Å². The van der Waals surface area contributed by atoms with E-state index in [-0.39, 0.29) is 11.9 Å². The van der Waals surface area contributed by atoms with Crippen molar-refractivity contribution in [3.8, 4) is 5.69 Å². The van der Waals surface area contributed by atoms with Gasteiger partial charge in [0.1, 0.15) is 0 Å². The summed E-state index contributed by atoms with van der Waals surface area (Å²) in [5.41, 5.74) is 2.55. The molecule has 1 heterocycles. The van der Waals surface area contributed by atoms with Gasteiger partial charge in [0.2, 0.25) is 0 Å². The van der Waals surface area contributed by atoms with Crippen LogP contribution in [0.15, 0.2) is 73.1 Å². The Morgan fingerprint density at radius 1 is 1.05 bits per heavy atom. The highest BCUT2D eigenvalue weighted by Crippen LogP contribution is 2.13. The lowest BCUT2D eigenvalue weighted by Crippen LogP contribution is -2.26. The molecule has 0 saturated carbocycles. The van der Waals surface area contributed by atoms with Gasteiger partial charge in [-0.2, -0.15) is 5.10 Å². The van der Waals surface area contributed by atoms with Gasteiger partial charge in [-0.3, -0.25) is 4.79 Å². The van der Waals surface area contributed by atoms with Gasteiger partial charge in [-0.15, -0.1) is 0 Å². The number of carbonyl (C=O) groups is 1. The number of benzene rings is 2. The lowest BCUT2D eigenvalue weighted by molar-refractivity contribution is 0.0940. The van der Waals surface area contributed by atoms with Crippen LogP contribution in [0.4, 0.5) is 0 Å². The van der Waals surface area contributed by atoms with E-state index in [0.717, 1.165) is 11.3 Å². The largest absolute Gasteiger partial charge is 0.345 e. The molecule has 0 fully saturated rings. The quantitative estimate of drug-likeness (QED) is 0.801. The molecule has 0 aliphatic heterocycles. The molecular weight excluding hydrogens is 274 g/mol. The fourth-order valence-corrected chi connectivity index (χ4v) is 2.27. The molecule has 2 aromatic carbocycles. The van der Waals surface area contributed by atoms with Crippen molar-refractivity contribution in [2.45, 2.75) is 13.0 Å². The summed E-state index contributed by atoms with van der Waals surface area (Å²) < 4.78 is 1.70. The van der Waals surface area contributed by atoms with Crippen LogP contribution in [0, 0.1) is 0 Å². The Balaban J connectivity index is 1.72. The van der Waals surface area contributed by atoms with Crippen molar-refractivity contribution in [3.05, 3.63) is 84.2 Å². The molecule has 4 heteroatoms. The molecule has 0 aliphatic rings. The zero-order valence-corrected chi connectivity index (χ0v) is 12.3. The maximum atomic E-state index is 12.3. The second-order valence-electron chi connectivity index (χ2n) is 5.11. The van der Waals surface area contributed by atoms with Gasteiger partial charge in [-0.25, -0.2) is 4.68 Å². The molecule has 22 heavy (non-hydrogen) atoms. The first-order valence-corrected chi connectivity index (χ1v) is 7.20. The van der Waals surface area contributed by atoms with Crippen molar-refractivity contribution in [2.75, 3.05) is 0 Å². The van der Waals surface area contributed by atoms with Crippen LogP contribution in [0.3, 0.4) is 0 Å². The number of nitrogens with zero attached hydrogens (tertiary/aromatic N) is 2. The van der Waals surface area contributed by atoms with Gasteiger partial charge in [0.25, 0.3) is 5.91 Å². The Hall–Kier alpha value is -2.88. The lowest BCUT2D eigenvalue weighted by atomic mass is 10.1. The highest BCUT2D eigenvalue weighted by molar-refractivity contribution is 5.94. The molecule has 1 N–H and O–H groups in total. The summed E-state index contributed by atoms with van der Waals surface area (Å²) in [6, 6.07) is 19.6. The Morgan fingerprint density at radius 3 is 2.36 bits per heavy atom. The predicted molar refractivity (Wildman–Crippen MR) is 85.9 cm³/mol. The Labute approximate surface area is 129 Å². The summed E-state index contributed by atoms with van der Waals surface area (Å²) in [5, 5.41) is 7.23. The molecule has 1 aromatic heterocycles. The number of aromatic nitrogens is 2. The van der Waals surface area contributed by atoms with Crippen LogP contribution < -0.4 is 5.32 Å². The van der Waals surface area contributed by atoms with Crippen molar-refractivity contribution in [1.82, 2.24) is 15.1 Å². The first-order chi connectivity index (χ1) is 10.7. The molecule has 1 atom stereocenters. The van der Waals surface area contributed by atoms with Crippen molar-refractivity contribution in [3.63, 3.8) is 0 Å². The number of rotatable bonds is 4. The van der Waals surface area contributed by atoms with E-state index in [1.54, 1.807) is 17.1 Å². The van der Waals surface area contributed by atoms with Crippen molar-refractivity contribution < 1.29 is 4.79 Å². The monoisotopic (exact) mass is 291 g/mol. The van der Waals surface area contributed by atoms with E-state index in [9.17, 15) is 4.79 Å². The molecule has 0 aliphatic carbocycles. The SMILES string of the molecule is C[C@H](NC(=O)c1cnn(-c2ccccc2)c1)c1ccccc1. The molecule has 0 saturated heterocycles. The Bertz CT molecular complexity index is 750. The highest BCUT2D eigenvalue weighted by atomic mass is 16.1. The summed E-state index contributed by atoms with van der Waals surface area (Å²) in [6.45, 7) is 1.97. The van der Waals surface area contributed by atoms with Gasteiger partial charge in [-0.05, 0) is 24.6 Å². The smallest absolute Gasteiger partial charge is 0.254 e. The molecular formula is C18H17N3O. The minimum Gasteiger partial charge on any atom is -0.345 e. The molecule has 0 bridgehead atoms. The molecule has 3 aromatic rings. The molecule has 0 radical (unpaired) electrons. The molecule has 0 spiro atoms. The van der Waals surface area contributed by atoms with E-state index < -0.39 is 0 Å². The maximum Gasteiger partial charge on any atom is 0.254 e. The van der Waals surface area contributed by atoms with Crippen LogP contribution in [-0.4, -0.2) is 15.7 Å². The van der Waals surface area contributed by atoms with Gasteiger partial charge < -0.3 is 5.32 Å². The van der Waals surface area contributed by atoms with Crippen LogP contribution >= 0.6 is 0 Å². The van der Waals surface area contributed by atoms with Gasteiger partial charge in [-0.1, -0.05) is 48.5 Å². The first-order valence-electron chi connectivity index (χ1n) is 7.20. The van der Waals surface area contributed by atoms with Crippen LogP contribution in [0.25, 0.3) is 5.69 Å². The molecule has 3 rings (SSSR count). The van der Waals surface area contributed by atoms with E-state index in [2.05, 4.69) is 10.4 Å².